The molecule has 1 N–H and O–H groups in total. The third-order valence-corrected chi connectivity index (χ3v) is 3.90. The fraction of sp³-hybridized carbons (Fsp3) is 0.786. The van der Waals surface area contributed by atoms with E-state index in [2.05, 4.69) is 24.3 Å². The third kappa shape index (κ3) is 4.62. The van der Waals surface area contributed by atoms with Crippen LogP contribution in [0.5, 0.6) is 0 Å². The molecule has 0 aromatic carbocycles. The summed E-state index contributed by atoms with van der Waals surface area (Å²) in [5.74, 6) is 0. The minimum absolute atomic E-state index is 0.587. The summed E-state index contributed by atoms with van der Waals surface area (Å²) in [6, 6.07) is 0.587. The van der Waals surface area contributed by atoms with E-state index in [1.165, 1.54) is 25.7 Å². The molecule has 0 saturated carbocycles. The topological polar surface area (TPSA) is 29.9 Å². The second kappa shape index (κ2) is 7.80. The maximum absolute atomic E-state index is 6.12. The second-order valence-electron chi connectivity index (χ2n) is 5.06. The minimum atomic E-state index is 0.587. The van der Waals surface area contributed by atoms with E-state index in [9.17, 15) is 0 Å². The Morgan fingerprint density at radius 2 is 2.06 bits per heavy atom. The number of aromatic nitrogens is 2. The van der Waals surface area contributed by atoms with Gasteiger partial charge in [-0.1, -0.05) is 37.8 Å². The molecule has 0 spiro atoms. The molecule has 0 saturated heterocycles. The van der Waals surface area contributed by atoms with Crippen LogP contribution in [-0.4, -0.2) is 22.4 Å². The molecule has 1 heterocycles. The standard InChI is InChI=1S/C14H26ClN3/c1-5-6-7-8-11(2)16-9-10-18-13(4)14(15)12(3)17-18/h11,16H,5-10H2,1-4H3. The molecule has 18 heavy (non-hydrogen) atoms. The van der Waals surface area contributed by atoms with Crippen LogP contribution in [0.4, 0.5) is 0 Å². The molecule has 104 valence electrons. The Bertz CT molecular complexity index is 360. The van der Waals surface area contributed by atoms with Crippen molar-refractivity contribution in [2.75, 3.05) is 6.54 Å². The number of nitrogens with zero attached hydrogens (tertiary/aromatic N) is 2. The normalized spacial score (nSPS) is 12.9. The number of hydrogen-bond acceptors (Lipinski definition) is 2. The van der Waals surface area contributed by atoms with Crippen molar-refractivity contribution in [3.05, 3.63) is 16.4 Å². The first-order valence-electron chi connectivity index (χ1n) is 6.99. The van der Waals surface area contributed by atoms with Crippen LogP contribution in [0.2, 0.25) is 5.02 Å². The Labute approximate surface area is 116 Å². The summed E-state index contributed by atoms with van der Waals surface area (Å²) in [4.78, 5) is 0. The van der Waals surface area contributed by atoms with Crippen LogP contribution in [0.25, 0.3) is 0 Å². The predicted molar refractivity (Wildman–Crippen MR) is 78.3 cm³/mol. The monoisotopic (exact) mass is 271 g/mol. The van der Waals surface area contributed by atoms with Crippen LogP contribution in [0, 0.1) is 13.8 Å². The molecule has 1 unspecified atom stereocenters. The number of unbranched alkanes of at least 4 members (excludes halogenated alkanes) is 2. The maximum Gasteiger partial charge on any atom is 0.0844 e. The van der Waals surface area contributed by atoms with Gasteiger partial charge in [0.1, 0.15) is 0 Å². The Hall–Kier alpha value is -0.540. The average Bonchev–Trinajstić information content (AvgIpc) is 2.57. The zero-order valence-electron chi connectivity index (χ0n) is 12.1. The molecule has 1 atom stereocenters. The largest absolute Gasteiger partial charge is 0.312 e. The van der Waals surface area contributed by atoms with Crippen LogP contribution >= 0.6 is 11.6 Å². The van der Waals surface area contributed by atoms with E-state index in [4.69, 9.17) is 11.6 Å². The molecule has 0 aliphatic heterocycles. The van der Waals surface area contributed by atoms with E-state index in [1.54, 1.807) is 0 Å². The summed E-state index contributed by atoms with van der Waals surface area (Å²) in [6.07, 6.45) is 5.19. The number of hydrogen-bond donors (Lipinski definition) is 1. The van der Waals surface area contributed by atoms with Gasteiger partial charge in [0.2, 0.25) is 0 Å². The summed E-state index contributed by atoms with van der Waals surface area (Å²) >= 11 is 6.12. The Balaban J connectivity index is 2.26. The van der Waals surface area contributed by atoms with E-state index in [-0.39, 0.29) is 0 Å². The van der Waals surface area contributed by atoms with Crippen molar-refractivity contribution < 1.29 is 0 Å². The van der Waals surface area contributed by atoms with Crippen LogP contribution < -0.4 is 5.32 Å². The quantitative estimate of drug-likeness (QED) is 0.731. The molecule has 4 heteroatoms. The van der Waals surface area contributed by atoms with Gasteiger partial charge in [0, 0.05) is 12.6 Å². The summed E-state index contributed by atoms with van der Waals surface area (Å²) in [7, 11) is 0. The Kier molecular flexibility index (Phi) is 6.72. The van der Waals surface area contributed by atoms with Crippen LogP contribution in [0.3, 0.4) is 0 Å². The van der Waals surface area contributed by atoms with Crippen molar-refractivity contribution in [1.82, 2.24) is 15.1 Å². The number of rotatable bonds is 8. The fourth-order valence-electron chi connectivity index (χ4n) is 2.11. The first-order valence-corrected chi connectivity index (χ1v) is 7.37. The van der Waals surface area contributed by atoms with Crippen molar-refractivity contribution in [3.63, 3.8) is 0 Å². The van der Waals surface area contributed by atoms with E-state index in [0.29, 0.717) is 6.04 Å². The van der Waals surface area contributed by atoms with Gasteiger partial charge in [-0.05, 0) is 27.2 Å². The summed E-state index contributed by atoms with van der Waals surface area (Å²) in [5, 5.41) is 8.77. The van der Waals surface area contributed by atoms with Crippen LogP contribution in [-0.2, 0) is 6.54 Å². The molecule has 0 amide bonds. The lowest BCUT2D eigenvalue weighted by atomic mass is 10.1. The van der Waals surface area contributed by atoms with Gasteiger partial charge in [0.15, 0.2) is 0 Å². The van der Waals surface area contributed by atoms with Crippen molar-refractivity contribution in [2.24, 2.45) is 0 Å². The summed E-state index contributed by atoms with van der Waals surface area (Å²) in [6.45, 7) is 10.3. The first kappa shape index (κ1) is 15.5. The molecule has 0 aliphatic rings. The van der Waals surface area contributed by atoms with Gasteiger partial charge >= 0.3 is 0 Å². The van der Waals surface area contributed by atoms with Crippen LogP contribution in [0.15, 0.2) is 0 Å². The van der Waals surface area contributed by atoms with E-state index in [1.807, 2.05) is 18.5 Å². The highest BCUT2D eigenvalue weighted by atomic mass is 35.5. The van der Waals surface area contributed by atoms with E-state index < -0.39 is 0 Å². The van der Waals surface area contributed by atoms with Gasteiger partial charge in [-0.25, -0.2) is 0 Å². The first-order chi connectivity index (χ1) is 8.56. The fourth-order valence-corrected chi connectivity index (χ4v) is 2.25. The summed E-state index contributed by atoms with van der Waals surface area (Å²) in [5.41, 5.74) is 1.99. The molecule has 3 nitrogen and oxygen atoms in total. The second-order valence-corrected chi connectivity index (χ2v) is 5.44. The third-order valence-electron chi connectivity index (χ3n) is 3.35. The summed E-state index contributed by atoms with van der Waals surface area (Å²) < 4.78 is 1.99. The zero-order chi connectivity index (χ0) is 13.5. The molecule has 0 fully saturated rings. The van der Waals surface area contributed by atoms with Gasteiger partial charge in [0.05, 0.1) is 23.0 Å². The number of aryl methyl sites for hydroxylation is 1. The average molecular weight is 272 g/mol. The van der Waals surface area contributed by atoms with Crippen LogP contribution in [0.1, 0.15) is 50.9 Å². The SMILES string of the molecule is CCCCCC(C)NCCn1nc(C)c(Cl)c1C. The van der Waals surface area contributed by atoms with Crippen molar-refractivity contribution in [3.8, 4) is 0 Å². The lowest BCUT2D eigenvalue weighted by molar-refractivity contribution is 0.456. The molecule has 0 bridgehead atoms. The van der Waals surface area contributed by atoms with Gasteiger partial charge in [-0.3, -0.25) is 4.68 Å². The highest BCUT2D eigenvalue weighted by molar-refractivity contribution is 6.31. The van der Waals surface area contributed by atoms with Crippen molar-refractivity contribution >= 4 is 11.6 Å². The van der Waals surface area contributed by atoms with Crippen molar-refractivity contribution in [2.45, 2.75) is 66.0 Å². The molecule has 1 aromatic rings. The number of nitrogens with one attached hydrogen (secondary N) is 1. The van der Waals surface area contributed by atoms with Gasteiger partial charge < -0.3 is 5.32 Å². The van der Waals surface area contributed by atoms with Gasteiger partial charge in [0.25, 0.3) is 0 Å². The number of halogens is 1. The molecule has 1 rings (SSSR count). The Morgan fingerprint density at radius 1 is 1.33 bits per heavy atom. The van der Waals surface area contributed by atoms with E-state index in [0.717, 1.165) is 29.5 Å². The smallest absolute Gasteiger partial charge is 0.0844 e. The Morgan fingerprint density at radius 3 is 2.61 bits per heavy atom. The highest BCUT2D eigenvalue weighted by Gasteiger charge is 2.08. The molecule has 0 aliphatic carbocycles. The van der Waals surface area contributed by atoms with Gasteiger partial charge in [-0.2, -0.15) is 5.10 Å². The molecule has 1 aromatic heterocycles. The lowest BCUT2D eigenvalue weighted by Gasteiger charge is -2.13. The minimum Gasteiger partial charge on any atom is -0.312 e. The highest BCUT2D eigenvalue weighted by Crippen LogP contribution is 2.18. The van der Waals surface area contributed by atoms with Gasteiger partial charge in [-0.15, -0.1) is 0 Å². The molecular weight excluding hydrogens is 246 g/mol. The lowest BCUT2D eigenvalue weighted by Crippen LogP contribution is -2.29. The van der Waals surface area contributed by atoms with Crippen molar-refractivity contribution in [1.29, 1.82) is 0 Å². The zero-order valence-corrected chi connectivity index (χ0v) is 12.8. The van der Waals surface area contributed by atoms with E-state index >= 15 is 0 Å². The molecular formula is C14H26ClN3. The maximum atomic E-state index is 6.12. The molecule has 0 radical (unpaired) electrons. The predicted octanol–water partition coefficient (Wildman–Crippen LogP) is 3.71.